The molecule has 5 fully saturated rings. The SMILES string of the molecule is CC(=O)CC(c1ccn(-c2ccccc2)n1)N1CCCN(c2c(OCC(=O)O)c(C)cc3cccnc23)CC1.CCCC(c1ccn(-c2ccccc2)n1)N1CCCN(c2c(OC)ccc3cccnc23)CC1.Cc1cccc(C2CCC(CN3CCCN(c4cc(C(C)C)cc5cccnc45)CC3)C2)c1.O=C(O)Cc1cc(N2CCCN(Cc3ccn(-c4ccccc4)n3)CC2)c2ncccc2c1. The number of para-hydroxylation sites is 3. The number of ketones is 1. The number of carboxylic acids is 2. The Kier molecular flexibility index (Phi) is 32.5. The number of anilines is 4. The van der Waals surface area contributed by atoms with Gasteiger partial charge in [0.25, 0.3) is 0 Å². The van der Waals surface area contributed by atoms with Gasteiger partial charge in [-0.1, -0.05) is 136 Å². The first-order valence-corrected chi connectivity index (χ1v) is 49.8. The Morgan fingerprint density at radius 3 is 1.58 bits per heavy atom. The summed E-state index contributed by atoms with van der Waals surface area (Å²) in [5, 5.41) is 37.5. The molecule has 4 atom stereocenters. The molecule has 8 aromatic carbocycles. The van der Waals surface area contributed by atoms with E-state index in [1.165, 1.54) is 61.0 Å². The fourth-order valence-corrected chi connectivity index (χ4v) is 20.9. The van der Waals surface area contributed by atoms with Crippen LogP contribution < -0.4 is 29.1 Å². The molecule has 4 saturated heterocycles. The Hall–Kier alpha value is -13.7. The molecule has 2 N–H and O–H groups in total. The molecular formula is C114H132N18O7. The van der Waals surface area contributed by atoms with E-state index in [1.54, 1.807) is 32.0 Å². The van der Waals surface area contributed by atoms with Crippen LogP contribution in [0.1, 0.15) is 161 Å². The highest BCUT2D eigenvalue weighted by Gasteiger charge is 2.34. The number of methoxy groups -OCH3 is 1. The van der Waals surface area contributed by atoms with Crippen molar-refractivity contribution < 1.29 is 34.1 Å². The molecule has 0 spiro atoms. The van der Waals surface area contributed by atoms with E-state index in [4.69, 9.17) is 34.7 Å². The molecule has 5 aliphatic rings. The van der Waals surface area contributed by atoms with Crippen molar-refractivity contribution in [2.24, 2.45) is 5.92 Å². The van der Waals surface area contributed by atoms with Crippen molar-refractivity contribution >= 4 is 84.1 Å². The van der Waals surface area contributed by atoms with Crippen LogP contribution >= 0.6 is 0 Å². The maximum atomic E-state index is 12.3. The van der Waals surface area contributed by atoms with Gasteiger partial charge in [-0.05, 0) is 240 Å². The smallest absolute Gasteiger partial charge is 0.341 e. The van der Waals surface area contributed by atoms with Crippen molar-refractivity contribution in [2.45, 2.75) is 143 Å². The minimum absolute atomic E-state index is 0.0157. The van der Waals surface area contributed by atoms with Gasteiger partial charge in [0.1, 0.15) is 28.7 Å². The summed E-state index contributed by atoms with van der Waals surface area (Å²) in [7, 11) is 1.75. The van der Waals surface area contributed by atoms with E-state index in [-0.39, 0.29) is 18.2 Å². The van der Waals surface area contributed by atoms with E-state index < -0.39 is 18.5 Å². The Bertz CT molecular complexity index is 6610. The molecule has 0 radical (unpaired) electrons. The van der Waals surface area contributed by atoms with E-state index in [2.05, 4.69) is 198 Å². The minimum Gasteiger partial charge on any atom is -0.494 e. The summed E-state index contributed by atoms with van der Waals surface area (Å²) in [6.45, 7) is 29.4. The second-order valence-electron chi connectivity index (χ2n) is 38.0. The van der Waals surface area contributed by atoms with E-state index in [1.807, 2.05) is 155 Å². The van der Waals surface area contributed by atoms with Crippen LogP contribution in [0.3, 0.4) is 0 Å². The number of hydrogen-bond acceptors (Lipinski definition) is 20. The normalized spacial score (nSPS) is 17.0. The zero-order valence-corrected chi connectivity index (χ0v) is 81.5. The number of benzene rings is 8. The number of hydrogen-bond donors (Lipinski definition) is 2. The van der Waals surface area contributed by atoms with Gasteiger partial charge in [-0.15, -0.1) is 0 Å². The summed E-state index contributed by atoms with van der Waals surface area (Å²) in [6, 6.07) is 77.1. The highest BCUT2D eigenvalue weighted by atomic mass is 16.5. The summed E-state index contributed by atoms with van der Waals surface area (Å²) < 4.78 is 17.4. The molecule has 20 rings (SSSR count). The molecule has 25 nitrogen and oxygen atoms in total. The maximum absolute atomic E-state index is 12.3. The van der Waals surface area contributed by atoms with Gasteiger partial charge in [-0.25, -0.2) is 18.8 Å². The van der Waals surface area contributed by atoms with Crippen LogP contribution in [0.25, 0.3) is 60.7 Å². The topological polar surface area (TPSA) is 241 Å². The number of ether oxygens (including phenoxy) is 2. The highest BCUT2D eigenvalue weighted by Crippen LogP contribution is 2.44. The van der Waals surface area contributed by atoms with Gasteiger partial charge in [0.05, 0.1) is 93.2 Å². The van der Waals surface area contributed by atoms with Gasteiger partial charge in [-0.3, -0.25) is 44.2 Å². The average molecular weight is 1870 g/mol. The molecule has 7 aromatic heterocycles. The number of pyridine rings is 4. The molecule has 1 aliphatic carbocycles. The van der Waals surface area contributed by atoms with Crippen LogP contribution in [0, 0.1) is 19.8 Å². The Morgan fingerprint density at radius 2 is 0.986 bits per heavy atom. The number of carbonyl (C=O) groups excluding carboxylic acids is 1. The predicted octanol–water partition coefficient (Wildman–Crippen LogP) is 20.4. The number of aromatic nitrogens is 10. The lowest BCUT2D eigenvalue weighted by Crippen LogP contribution is -2.35. The third-order valence-corrected chi connectivity index (χ3v) is 27.8. The van der Waals surface area contributed by atoms with Gasteiger partial charge >= 0.3 is 11.9 Å². The molecule has 4 unspecified atom stereocenters. The molecule has 0 bridgehead atoms. The van der Waals surface area contributed by atoms with Crippen molar-refractivity contribution in [3.05, 3.63) is 313 Å². The first-order valence-electron chi connectivity index (χ1n) is 49.8. The lowest BCUT2D eigenvalue weighted by atomic mass is 9.95. The van der Waals surface area contributed by atoms with Crippen molar-refractivity contribution in [3.63, 3.8) is 0 Å². The molecule has 4 aliphatic heterocycles. The molecule has 11 heterocycles. The van der Waals surface area contributed by atoms with Crippen molar-refractivity contribution in [1.82, 2.24) is 68.9 Å². The standard InChI is InChI=1S/C30H33N5O4.C30H39N3.C28H33N5O.C26H27N5O2/c1-21-18-23-8-6-12-31-28(23)29(30(21)39-20-27(37)38)34-14-7-13-33(16-17-34)26(19-22(2)36)25-11-15-35(32-25)24-9-4-3-5-10-24;1-22(2)28-19-27-9-5-12-31-30(27)29(20-28)33-14-6-13-32(15-16-33)21-24-10-11-26(18-24)25-8-4-7-23(3)17-25;1-3-9-25(24-15-19-33(30-24)23-11-5-4-6-12-23)31-17-8-18-32(21-20-31)28-26(34-2)14-13-22-10-7-16-29-27(22)28;32-25(33)18-20-16-21-6-4-10-27-26(21)24(17-20)30-12-5-11-29(14-15-30)19-22-9-13-31(28-22)23-7-2-1-3-8-23/h3-6,8-12,15,18,26H,7,13-14,16-17,19-20H2,1-2H3,(H,37,38);4-5,7-9,12,17,19-20,22,24,26H,6,10-11,13-16,18,21H2,1-3H3;4-7,10-16,19,25H,3,8-9,17-18,20-21H2,1-2H3;1-4,6-10,13,16-17H,5,11-12,14-15,18-19H2,(H,32,33). The minimum atomic E-state index is -1.02. The molecule has 720 valence electrons. The second kappa shape index (κ2) is 46.6. The monoisotopic (exact) mass is 1870 g/mol. The van der Waals surface area contributed by atoms with E-state index >= 15 is 0 Å². The van der Waals surface area contributed by atoms with Crippen molar-refractivity contribution in [1.29, 1.82) is 0 Å². The maximum Gasteiger partial charge on any atom is 0.341 e. The summed E-state index contributed by atoms with van der Waals surface area (Å²) in [5.41, 5.74) is 20.5. The van der Waals surface area contributed by atoms with Crippen LogP contribution in [0.5, 0.6) is 11.5 Å². The summed E-state index contributed by atoms with van der Waals surface area (Å²) in [4.78, 5) is 73.5. The molecule has 25 heteroatoms. The zero-order valence-electron chi connectivity index (χ0n) is 81.5. The quantitative estimate of drug-likeness (QED) is 0.0486. The fourth-order valence-electron chi connectivity index (χ4n) is 20.9. The Labute approximate surface area is 816 Å². The van der Waals surface area contributed by atoms with Crippen LogP contribution in [0.4, 0.5) is 22.7 Å². The zero-order chi connectivity index (χ0) is 96.1. The molecule has 15 aromatic rings. The number of aliphatic carboxylic acids is 2. The largest absolute Gasteiger partial charge is 0.494 e. The summed E-state index contributed by atoms with van der Waals surface area (Å²) in [6.07, 6.45) is 24.3. The van der Waals surface area contributed by atoms with Crippen LogP contribution in [-0.2, 0) is 27.3 Å². The van der Waals surface area contributed by atoms with Gasteiger partial charge in [0, 0.05) is 183 Å². The lowest BCUT2D eigenvalue weighted by molar-refractivity contribution is -0.139. The number of carbonyl (C=O) groups is 3. The first kappa shape index (κ1) is 96.9. The van der Waals surface area contributed by atoms with E-state index in [0.717, 1.165) is 242 Å². The summed E-state index contributed by atoms with van der Waals surface area (Å²) >= 11 is 0. The van der Waals surface area contributed by atoms with Gasteiger partial charge in [0.2, 0.25) is 0 Å². The predicted molar refractivity (Wildman–Crippen MR) is 557 cm³/mol. The Balaban J connectivity index is 0.000000128. The van der Waals surface area contributed by atoms with Crippen LogP contribution in [-0.4, -0.2) is 222 Å². The van der Waals surface area contributed by atoms with Crippen molar-refractivity contribution in [3.8, 4) is 28.6 Å². The number of carboxylic acid groups (broad SMARTS) is 2. The van der Waals surface area contributed by atoms with Gasteiger partial charge in [0.15, 0.2) is 6.61 Å². The van der Waals surface area contributed by atoms with Gasteiger partial charge in [-0.2, -0.15) is 15.3 Å². The molecule has 0 amide bonds. The highest BCUT2D eigenvalue weighted by molar-refractivity contribution is 5.97. The molecule has 139 heavy (non-hydrogen) atoms. The van der Waals surface area contributed by atoms with Crippen molar-refractivity contribution in [2.75, 3.05) is 145 Å². The number of Topliss-reactive ketones (excluding diaryl/α,β-unsaturated/α-hetero) is 1. The number of rotatable bonds is 27. The third-order valence-electron chi connectivity index (χ3n) is 27.8. The number of nitrogens with zero attached hydrogens (tertiary/aromatic N) is 18. The van der Waals surface area contributed by atoms with Gasteiger partial charge < -0.3 is 44.2 Å². The fraction of sp³-hybridized carbons (Fsp3) is 0.368. The molecular weight excluding hydrogens is 1730 g/mol. The summed E-state index contributed by atoms with van der Waals surface area (Å²) in [5.74, 6) is 1.86. The van der Waals surface area contributed by atoms with Crippen LogP contribution in [0.15, 0.2) is 268 Å². The second-order valence-corrected chi connectivity index (χ2v) is 38.0. The number of aryl methyl sites for hydroxylation is 2. The first-order chi connectivity index (χ1) is 67.9. The molecule has 1 saturated carbocycles. The van der Waals surface area contributed by atoms with E-state index in [9.17, 15) is 24.6 Å². The van der Waals surface area contributed by atoms with E-state index in [0.29, 0.717) is 37.2 Å². The average Bonchev–Trinajstić information content (AvgIpc) is 1.48. The number of fused-ring (bicyclic) bond motifs is 4. The lowest BCUT2D eigenvalue weighted by Gasteiger charge is -2.30. The Morgan fingerprint density at radius 1 is 0.460 bits per heavy atom. The third kappa shape index (κ3) is 24.5. The van der Waals surface area contributed by atoms with Crippen LogP contribution in [0.2, 0.25) is 0 Å².